The van der Waals surface area contributed by atoms with Crippen molar-refractivity contribution < 1.29 is 4.79 Å². The zero-order valence-corrected chi connectivity index (χ0v) is 20.6. The van der Waals surface area contributed by atoms with Gasteiger partial charge in [-0.25, -0.2) is 9.97 Å². The second-order valence-corrected chi connectivity index (χ2v) is 10.6. The van der Waals surface area contributed by atoms with Crippen molar-refractivity contribution in [2.24, 2.45) is 0 Å². The van der Waals surface area contributed by atoms with E-state index in [1.165, 1.54) is 21.7 Å². The van der Waals surface area contributed by atoms with Crippen molar-refractivity contribution in [3.8, 4) is 0 Å². The summed E-state index contributed by atoms with van der Waals surface area (Å²) >= 11 is 3.29. The number of hydrogen-bond donors (Lipinski definition) is 0. The minimum absolute atomic E-state index is 0.172. The molecule has 3 heterocycles. The molecule has 0 N–H and O–H groups in total. The number of carbonyl (C=O) groups excluding carboxylic acids is 1. The van der Waals surface area contributed by atoms with Crippen LogP contribution < -0.4 is 4.90 Å². The molecular weight excluding hydrogens is 424 g/mol. The second-order valence-electron chi connectivity index (χ2n) is 8.15. The van der Waals surface area contributed by atoms with Crippen molar-refractivity contribution in [3.05, 3.63) is 46.1 Å². The van der Waals surface area contributed by atoms with E-state index in [-0.39, 0.29) is 11.2 Å². The fourth-order valence-corrected chi connectivity index (χ4v) is 6.16. The topological polar surface area (TPSA) is 49.3 Å². The number of thioether (sulfide) groups is 1. The Morgan fingerprint density at radius 3 is 2.61 bits per heavy atom. The van der Waals surface area contributed by atoms with Crippen LogP contribution in [0.2, 0.25) is 0 Å². The molecule has 1 aliphatic heterocycles. The summed E-state index contributed by atoms with van der Waals surface area (Å²) in [7, 11) is 0. The predicted octanol–water partition coefficient (Wildman–Crippen LogP) is 5.01. The lowest BCUT2D eigenvalue weighted by Crippen LogP contribution is -2.50. The van der Waals surface area contributed by atoms with Crippen LogP contribution in [0.1, 0.15) is 35.7 Å². The molecule has 7 heteroatoms. The molecule has 1 aromatic carbocycles. The first-order valence-corrected chi connectivity index (χ1v) is 12.6. The van der Waals surface area contributed by atoms with Crippen molar-refractivity contribution >= 4 is 44.9 Å². The van der Waals surface area contributed by atoms with Crippen molar-refractivity contribution in [3.63, 3.8) is 0 Å². The summed E-state index contributed by atoms with van der Waals surface area (Å²) in [5.74, 6) is 0.960. The number of aryl methyl sites for hydroxylation is 3. The highest BCUT2D eigenvalue weighted by Crippen LogP contribution is 2.34. The summed E-state index contributed by atoms with van der Waals surface area (Å²) in [5, 5.41) is 1.83. The quantitative estimate of drug-likeness (QED) is 0.401. The first-order chi connectivity index (χ1) is 14.9. The second kappa shape index (κ2) is 9.17. The largest absolute Gasteiger partial charge is 0.368 e. The van der Waals surface area contributed by atoms with E-state index < -0.39 is 0 Å². The van der Waals surface area contributed by atoms with Gasteiger partial charge in [0.2, 0.25) is 5.91 Å². The number of nitrogens with zero attached hydrogens (tertiary/aromatic N) is 4. The van der Waals surface area contributed by atoms with Gasteiger partial charge in [0.25, 0.3) is 0 Å². The van der Waals surface area contributed by atoms with Gasteiger partial charge in [-0.15, -0.1) is 11.3 Å². The van der Waals surface area contributed by atoms with Crippen LogP contribution in [0.3, 0.4) is 0 Å². The van der Waals surface area contributed by atoms with Gasteiger partial charge in [0.05, 0.1) is 5.25 Å². The Hall–Kier alpha value is -2.12. The van der Waals surface area contributed by atoms with Gasteiger partial charge in [-0.1, -0.05) is 30.8 Å². The molecule has 2 aromatic heterocycles. The molecule has 0 aliphatic carbocycles. The van der Waals surface area contributed by atoms with E-state index in [1.807, 2.05) is 18.7 Å². The van der Waals surface area contributed by atoms with Gasteiger partial charge in [0.15, 0.2) is 0 Å². The first kappa shape index (κ1) is 22.1. The van der Waals surface area contributed by atoms with Gasteiger partial charge in [-0.2, -0.15) is 0 Å². The maximum Gasteiger partial charge on any atom is 0.235 e. The molecule has 0 radical (unpaired) electrons. The van der Waals surface area contributed by atoms with Crippen molar-refractivity contribution in [1.29, 1.82) is 0 Å². The average Bonchev–Trinajstić information content (AvgIpc) is 3.18. The van der Waals surface area contributed by atoms with Gasteiger partial charge in [-0.3, -0.25) is 4.79 Å². The number of hydrogen-bond acceptors (Lipinski definition) is 6. The van der Waals surface area contributed by atoms with Gasteiger partial charge >= 0.3 is 0 Å². The summed E-state index contributed by atoms with van der Waals surface area (Å²) < 4.78 is 0. The Morgan fingerprint density at radius 1 is 1.16 bits per heavy atom. The number of thiophene rings is 1. The number of rotatable bonds is 5. The summed E-state index contributed by atoms with van der Waals surface area (Å²) in [4.78, 5) is 29.2. The van der Waals surface area contributed by atoms with E-state index in [9.17, 15) is 4.79 Å². The van der Waals surface area contributed by atoms with Gasteiger partial charge in [-0.05, 0) is 57.4 Å². The molecule has 31 heavy (non-hydrogen) atoms. The number of piperazine rings is 1. The third-order valence-electron chi connectivity index (χ3n) is 6.01. The number of fused-ring (bicyclic) bond motifs is 1. The van der Waals surface area contributed by atoms with E-state index in [0.29, 0.717) is 0 Å². The molecule has 0 bridgehead atoms. The Bertz CT molecular complexity index is 1100. The molecule has 0 saturated carbocycles. The van der Waals surface area contributed by atoms with Crippen LogP contribution in [0.15, 0.2) is 29.3 Å². The maximum atomic E-state index is 13.2. The molecule has 164 valence electrons. The highest BCUT2D eigenvalue weighted by atomic mass is 32.2. The minimum Gasteiger partial charge on any atom is -0.368 e. The van der Waals surface area contributed by atoms with E-state index in [2.05, 4.69) is 59.9 Å². The minimum atomic E-state index is -0.172. The van der Waals surface area contributed by atoms with E-state index in [4.69, 9.17) is 0 Å². The van der Waals surface area contributed by atoms with Crippen molar-refractivity contribution in [2.45, 2.75) is 51.3 Å². The zero-order valence-electron chi connectivity index (χ0n) is 18.9. The molecule has 1 unspecified atom stereocenters. The highest BCUT2D eigenvalue weighted by molar-refractivity contribution is 8.00. The lowest BCUT2D eigenvalue weighted by atomic mass is 10.1. The normalized spacial score (nSPS) is 15.5. The molecule has 1 aliphatic rings. The van der Waals surface area contributed by atoms with Crippen molar-refractivity contribution in [2.75, 3.05) is 31.1 Å². The Labute approximate surface area is 192 Å². The van der Waals surface area contributed by atoms with Crippen molar-refractivity contribution in [1.82, 2.24) is 14.9 Å². The average molecular weight is 455 g/mol. The van der Waals surface area contributed by atoms with E-state index in [1.54, 1.807) is 23.1 Å². The maximum absolute atomic E-state index is 13.2. The van der Waals surface area contributed by atoms with Gasteiger partial charge < -0.3 is 9.80 Å². The van der Waals surface area contributed by atoms with Crippen LogP contribution >= 0.6 is 23.1 Å². The van der Waals surface area contributed by atoms with E-state index >= 15 is 0 Å². The number of benzene rings is 1. The van der Waals surface area contributed by atoms with Crippen LogP contribution in [-0.2, 0) is 11.2 Å². The molecule has 4 rings (SSSR count). The SMILES string of the molecule is CCc1cc2c(SC(C)C(=O)N3CCN(c4cccc(C)c4C)CC3)nc(C)nc2s1. The molecule has 0 spiro atoms. The summed E-state index contributed by atoms with van der Waals surface area (Å²) in [6.07, 6.45) is 0.989. The molecule has 3 aromatic rings. The third kappa shape index (κ3) is 4.58. The number of anilines is 1. The number of amides is 1. The van der Waals surface area contributed by atoms with Crippen LogP contribution in [0.25, 0.3) is 10.2 Å². The summed E-state index contributed by atoms with van der Waals surface area (Å²) in [6.45, 7) is 13.7. The lowest BCUT2D eigenvalue weighted by molar-refractivity contribution is -0.130. The Balaban J connectivity index is 1.43. The van der Waals surface area contributed by atoms with Crippen LogP contribution in [0, 0.1) is 20.8 Å². The zero-order chi connectivity index (χ0) is 22.1. The number of carbonyl (C=O) groups is 1. The number of aromatic nitrogens is 2. The van der Waals surface area contributed by atoms with Crippen LogP contribution in [0.5, 0.6) is 0 Å². The van der Waals surface area contributed by atoms with Gasteiger partial charge in [0.1, 0.15) is 15.7 Å². The van der Waals surface area contributed by atoms with Crippen LogP contribution in [-0.4, -0.2) is 52.2 Å². The molecule has 1 fully saturated rings. The molecule has 1 amide bonds. The summed E-state index contributed by atoms with van der Waals surface area (Å²) in [5.41, 5.74) is 3.93. The molecule has 5 nitrogen and oxygen atoms in total. The highest BCUT2D eigenvalue weighted by Gasteiger charge is 2.27. The molecule has 1 saturated heterocycles. The lowest BCUT2D eigenvalue weighted by Gasteiger charge is -2.38. The molecular formula is C24H30N4OS2. The Kier molecular flexibility index (Phi) is 6.53. The summed E-state index contributed by atoms with van der Waals surface area (Å²) in [6, 6.07) is 8.64. The first-order valence-electron chi connectivity index (χ1n) is 10.9. The van der Waals surface area contributed by atoms with E-state index in [0.717, 1.165) is 53.7 Å². The fourth-order valence-electron chi connectivity index (χ4n) is 4.03. The standard InChI is InChI=1S/C24H30N4OS2/c1-6-19-14-20-22(25-18(5)26-23(20)31-19)30-17(4)24(29)28-12-10-27(11-13-28)21-9-7-8-15(2)16(21)3/h7-9,14,17H,6,10-13H2,1-5H3. The molecule has 1 atom stereocenters. The third-order valence-corrected chi connectivity index (χ3v) is 8.28. The fraction of sp³-hybridized carbons (Fsp3) is 0.458. The smallest absolute Gasteiger partial charge is 0.235 e. The predicted molar refractivity (Wildman–Crippen MR) is 132 cm³/mol. The monoisotopic (exact) mass is 454 g/mol. The van der Waals surface area contributed by atoms with Gasteiger partial charge in [0, 0.05) is 42.1 Å². The van der Waals surface area contributed by atoms with Crippen LogP contribution in [0.4, 0.5) is 5.69 Å². The Morgan fingerprint density at radius 2 is 1.90 bits per heavy atom.